The van der Waals surface area contributed by atoms with Gasteiger partial charge in [-0.15, -0.1) is 0 Å². The lowest BCUT2D eigenvalue weighted by Gasteiger charge is -2.21. The molecular formula is C10H17BrN4O. The molecular weight excluding hydrogens is 272 g/mol. The number of aliphatic hydroxyl groups excluding tert-OH is 1. The molecule has 1 rings (SSSR count). The zero-order chi connectivity index (χ0) is 12.1. The summed E-state index contributed by atoms with van der Waals surface area (Å²) in [5, 5.41) is 12.5. The highest BCUT2D eigenvalue weighted by Gasteiger charge is 2.13. The molecule has 0 aliphatic carbocycles. The zero-order valence-corrected chi connectivity index (χ0v) is 11.3. The normalized spacial score (nSPS) is 12.3. The molecule has 2 N–H and O–H groups in total. The maximum absolute atomic E-state index is 9.33. The van der Waals surface area contributed by atoms with Crippen molar-refractivity contribution in [3.8, 4) is 0 Å². The Bertz CT molecular complexity index is 346. The van der Waals surface area contributed by atoms with E-state index < -0.39 is 6.10 Å². The maximum Gasteiger partial charge on any atom is 0.148 e. The number of halogens is 1. The van der Waals surface area contributed by atoms with Crippen LogP contribution in [0.4, 0.5) is 11.6 Å². The Balaban J connectivity index is 2.91. The molecule has 16 heavy (non-hydrogen) atoms. The van der Waals surface area contributed by atoms with Crippen molar-refractivity contribution in [1.82, 2.24) is 9.97 Å². The second-order valence-corrected chi connectivity index (χ2v) is 4.41. The van der Waals surface area contributed by atoms with E-state index in [0.29, 0.717) is 6.54 Å². The Morgan fingerprint density at radius 1 is 1.56 bits per heavy atom. The summed E-state index contributed by atoms with van der Waals surface area (Å²) in [7, 11) is 1.88. The molecule has 90 valence electrons. The van der Waals surface area contributed by atoms with E-state index in [1.165, 1.54) is 6.33 Å². The predicted octanol–water partition coefficient (Wildman–Crippen LogP) is 1.49. The molecule has 6 heteroatoms. The smallest absolute Gasteiger partial charge is 0.148 e. The third kappa shape index (κ3) is 3.31. The van der Waals surface area contributed by atoms with Crippen LogP contribution in [0.25, 0.3) is 0 Å². The summed E-state index contributed by atoms with van der Waals surface area (Å²) in [5.74, 6) is 1.54. The summed E-state index contributed by atoms with van der Waals surface area (Å²) in [5.41, 5.74) is 0. The molecule has 0 aromatic carbocycles. The topological polar surface area (TPSA) is 61.3 Å². The number of aromatic nitrogens is 2. The van der Waals surface area contributed by atoms with E-state index >= 15 is 0 Å². The quantitative estimate of drug-likeness (QED) is 0.860. The first-order valence-corrected chi connectivity index (χ1v) is 5.99. The van der Waals surface area contributed by atoms with Crippen LogP contribution in [0.3, 0.4) is 0 Å². The van der Waals surface area contributed by atoms with Gasteiger partial charge in [0.15, 0.2) is 0 Å². The minimum absolute atomic E-state index is 0.394. The van der Waals surface area contributed by atoms with E-state index in [0.717, 1.165) is 22.7 Å². The van der Waals surface area contributed by atoms with Crippen molar-refractivity contribution in [3.05, 3.63) is 10.8 Å². The Morgan fingerprint density at radius 3 is 2.81 bits per heavy atom. The van der Waals surface area contributed by atoms with Gasteiger partial charge < -0.3 is 15.3 Å². The highest BCUT2D eigenvalue weighted by atomic mass is 79.9. The van der Waals surface area contributed by atoms with Gasteiger partial charge in [0.1, 0.15) is 22.4 Å². The summed E-state index contributed by atoms with van der Waals surface area (Å²) in [6.45, 7) is 5.08. The van der Waals surface area contributed by atoms with Crippen molar-refractivity contribution < 1.29 is 5.11 Å². The molecule has 1 aromatic heterocycles. The molecule has 0 saturated heterocycles. The Morgan fingerprint density at radius 2 is 2.25 bits per heavy atom. The van der Waals surface area contributed by atoms with Crippen LogP contribution in [0.5, 0.6) is 0 Å². The molecule has 1 aromatic rings. The number of aliphatic hydroxyl groups is 1. The van der Waals surface area contributed by atoms with Gasteiger partial charge in [-0.3, -0.25) is 0 Å². The Labute approximate surface area is 104 Å². The highest BCUT2D eigenvalue weighted by Crippen LogP contribution is 2.28. The fourth-order valence-corrected chi connectivity index (χ4v) is 2.05. The van der Waals surface area contributed by atoms with Crippen molar-refractivity contribution >= 4 is 27.6 Å². The lowest BCUT2D eigenvalue weighted by atomic mass is 10.3. The Hall–Kier alpha value is -0.880. The lowest BCUT2D eigenvalue weighted by molar-refractivity contribution is 0.201. The van der Waals surface area contributed by atoms with Gasteiger partial charge in [-0.05, 0) is 29.8 Å². The molecule has 0 aliphatic rings. The molecule has 0 fully saturated rings. The van der Waals surface area contributed by atoms with E-state index in [-0.39, 0.29) is 0 Å². The SMILES string of the molecule is CCNc1ncnc(N(C)CC(C)O)c1Br. The van der Waals surface area contributed by atoms with E-state index in [9.17, 15) is 5.11 Å². The lowest BCUT2D eigenvalue weighted by Crippen LogP contribution is -2.28. The van der Waals surface area contributed by atoms with Crippen LogP contribution in [-0.4, -0.2) is 41.3 Å². The first-order valence-electron chi connectivity index (χ1n) is 5.19. The van der Waals surface area contributed by atoms with Crippen molar-refractivity contribution in [2.45, 2.75) is 20.0 Å². The minimum Gasteiger partial charge on any atom is -0.392 e. The first kappa shape index (κ1) is 13.2. The van der Waals surface area contributed by atoms with Gasteiger partial charge in [-0.1, -0.05) is 0 Å². The average Bonchev–Trinajstić information content (AvgIpc) is 2.20. The molecule has 5 nitrogen and oxygen atoms in total. The molecule has 0 saturated carbocycles. The van der Waals surface area contributed by atoms with Crippen LogP contribution in [0.2, 0.25) is 0 Å². The van der Waals surface area contributed by atoms with Crippen LogP contribution < -0.4 is 10.2 Å². The van der Waals surface area contributed by atoms with E-state index in [4.69, 9.17) is 0 Å². The van der Waals surface area contributed by atoms with Crippen molar-refractivity contribution in [2.24, 2.45) is 0 Å². The molecule has 0 amide bonds. The number of rotatable bonds is 5. The van der Waals surface area contributed by atoms with Gasteiger partial charge in [-0.2, -0.15) is 0 Å². The van der Waals surface area contributed by atoms with Gasteiger partial charge in [-0.25, -0.2) is 9.97 Å². The molecule has 0 spiro atoms. The van der Waals surface area contributed by atoms with E-state index in [2.05, 4.69) is 31.2 Å². The first-order chi connectivity index (χ1) is 7.56. The summed E-state index contributed by atoms with van der Waals surface area (Å²) in [4.78, 5) is 10.2. The molecule has 1 unspecified atom stereocenters. The van der Waals surface area contributed by atoms with Crippen LogP contribution in [-0.2, 0) is 0 Å². The number of likely N-dealkylation sites (N-methyl/N-ethyl adjacent to an activating group) is 1. The molecule has 0 aliphatic heterocycles. The zero-order valence-electron chi connectivity index (χ0n) is 9.74. The number of nitrogens with zero attached hydrogens (tertiary/aromatic N) is 3. The third-order valence-electron chi connectivity index (χ3n) is 2.01. The van der Waals surface area contributed by atoms with Crippen LogP contribution >= 0.6 is 15.9 Å². The fourth-order valence-electron chi connectivity index (χ4n) is 1.40. The fraction of sp³-hybridized carbons (Fsp3) is 0.600. The van der Waals surface area contributed by atoms with E-state index in [1.807, 2.05) is 18.9 Å². The number of hydrogen-bond acceptors (Lipinski definition) is 5. The van der Waals surface area contributed by atoms with Crippen LogP contribution in [0.1, 0.15) is 13.8 Å². The monoisotopic (exact) mass is 288 g/mol. The maximum atomic E-state index is 9.33. The molecule has 1 atom stereocenters. The predicted molar refractivity (Wildman–Crippen MR) is 68.8 cm³/mol. The average molecular weight is 289 g/mol. The van der Waals surface area contributed by atoms with Crippen molar-refractivity contribution in [2.75, 3.05) is 30.4 Å². The molecule has 0 bridgehead atoms. The largest absolute Gasteiger partial charge is 0.392 e. The van der Waals surface area contributed by atoms with Gasteiger partial charge in [0, 0.05) is 20.1 Å². The highest BCUT2D eigenvalue weighted by molar-refractivity contribution is 9.10. The van der Waals surface area contributed by atoms with E-state index in [1.54, 1.807) is 6.92 Å². The molecule has 1 heterocycles. The van der Waals surface area contributed by atoms with Crippen molar-refractivity contribution in [3.63, 3.8) is 0 Å². The van der Waals surface area contributed by atoms with Gasteiger partial charge in [0.05, 0.1) is 6.10 Å². The summed E-state index contributed by atoms with van der Waals surface area (Å²) < 4.78 is 0.819. The number of anilines is 2. The van der Waals surface area contributed by atoms with Gasteiger partial charge in [0.2, 0.25) is 0 Å². The summed E-state index contributed by atoms with van der Waals surface area (Å²) in [6, 6.07) is 0. The number of nitrogens with one attached hydrogen (secondary N) is 1. The second kappa shape index (κ2) is 6.00. The second-order valence-electron chi connectivity index (χ2n) is 3.62. The number of hydrogen-bond donors (Lipinski definition) is 2. The van der Waals surface area contributed by atoms with Crippen LogP contribution in [0.15, 0.2) is 10.8 Å². The van der Waals surface area contributed by atoms with Crippen molar-refractivity contribution in [1.29, 1.82) is 0 Å². The summed E-state index contributed by atoms with van der Waals surface area (Å²) in [6.07, 6.45) is 1.12. The van der Waals surface area contributed by atoms with Gasteiger partial charge >= 0.3 is 0 Å². The summed E-state index contributed by atoms with van der Waals surface area (Å²) >= 11 is 3.46. The third-order valence-corrected chi connectivity index (χ3v) is 2.75. The Kier molecular flexibility index (Phi) is 4.95. The van der Waals surface area contributed by atoms with Crippen LogP contribution in [0, 0.1) is 0 Å². The standard InChI is InChI=1S/C10H17BrN4O/c1-4-12-9-8(11)10(14-6-13-9)15(3)5-7(2)16/h6-7,16H,4-5H2,1-3H3,(H,12,13,14). The molecule has 0 radical (unpaired) electrons. The van der Waals surface area contributed by atoms with Gasteiger partial charge in [0.25, 0.3) is 0 Å². The minimum atomic E-state index is -0.394.